The van der Waals surface area contributed by atoms with Gasteiger partial charge >= 0.3 is 0 Å². The van der Waals surface area contributed by atoms with Crippen molar-refractivity contribution in [2.24, 2.45) is 10.1 Å². The lowest BCUT2D eigenvalue weighted by Crippen LogP contribution is -2.35. The van der Waals surface area contributed by atoms with Gasteiger partial charge in [-0.15, -0.1) is 4.40 Å². The fourth-order valence-corrected chi connectivity index (χ4v) is 4.52. The SMILES string of the molecule is N/C(=N/S(=O)(=O)c1sc(Cl)nc1Cl)N1CCCC1. The molecule has 0 unspecified atom stereocenters. The molecule has 0 saturated carbocycles. The van der Waals surface area contributed by atoms with Gasteiger partial charge in [0, 0.05) is 13.1 Å². The van der Waals surface area contributed by atoms with Crippen LogP contribution in [0.4, 0.5) is 0 Å². The molecule has 1 aliphatic rings. The number of nitrogens with two attached hydrogens (primary N) is 1. The zero-order valence-electron chi connectivity index (χ0n) is 9.14. The van der Waals surface area contributed by atoms with Crippen LogP contribution in [0.2, 0.25) is 9.62 Å². The van der Waals surface area contributed by atoms with E-state index in [0.717, 1.165) is 24.2 Å². The number of likely N-dealkylation sites (tertiary alicyclic amines) is 1. The molecule has 0 spiro atoms. The standard InChI is InChI=1S/C8H10Cl2N4O2S2/c9-5-6(17-7(10)12-5)18(15,16)13-8(11)14-3-1-2-4-14/h1-4H2,(H2,11,13). The minimum Gasteiger partial charge on any atom is -0.369 e. The highest BCUT2D eigenvalue weighted by atomic mass is 35.5. The van der Waals surface area contributed by atoms with Gasteiger partial charge in [-0.1, -0.05) is 34.5 Å². The van der Waals surface area contributed by atoms with Crippen molar-refractivity contribution in [3.8, 4) is 0 Å². The molecule has 0 bridgehead atoms. The highest BCUT2D eigenvalue weighted by Crippen LogP contribution is 2.32. The lowest BCUT2D eigenvalue weighted by Gasteiger charge is -2.14. The van der Waals surface area contributed by atoms with E-state index in [2.05, 4.69) is 9.38 Å². The van der Waals surface area contributed by atoms with E-state index in [9.17, 15) is 8.42 Å². The lowest BCUT2D eigenvalue weighted by molar-refractivity contribution is 0.513. The summed E-state index contributed by atoms with van der Waals surface area (Å²) in [6, 6.07) is 0. The summed E-state index contributed by atoms with van der Waals surface area (Å²) >= 11 is 12.0. The molecule has 1 aliphatic heterocycles. The number of nitrogens with zero attached hydrogens (tertiary/aromatic N) is 3. The van der Waals surface area contributed by atoms with Crippen LogP contribution in [0.5, 0.6) is 0 Å². The second kappa shape index (κ2) is 5.20. The molecule has 1 fully saturated rings. The maximum Gasteiger partial charge on any atom is 0.298 e. The predicted molar refractivity (Wildman–Crippen MR) is 71.7 cm³/mol. The van der Waals surface area contributed by atoms with Gasteiger partial charge in [0.2, 0.25) is 5.96 Å². The molecule has 6 nitrogen and oxygen atoms in total. The van der Waals surface area contributed by atoms with Gasteiger partial charge in [0.1, 0.15) is 0 Å². The van der Waals surface area contributed by atoms with Crippen LogP contribution >= 0.6 is 34.5 Å². The van der Waals surface area contributed by atoms with Gasteiger partial charge in [-0.2, -0.15) is 8.42 Å². The van der Waals surface area contributed by atoms with Crippen molar-refractivity contribution in [3.05, 3.63) is 9.62 Å². The maximum atomic E-state index is 12.0. The normalized spacial score (nSPS) is 17.4. The number of thiazole rings is 1. The van der Waals surface area contributed by atoms with Crippen molar-refractivity contribution in [2.75, 3.05) is 13.1 Å². The predicted octanol–water partition coefficient (Wildman–Crippen LogP) is 1.55. The molecule has 1 aromatic rings. The Morgan fingerprint density at radius 1 is 1.39 bits per heavy atom. The Labute approximate surface area is 118 Å². The largest absolute Gasteiger partial charge is 0.369 e. The molecule has 0 aromatic carbocycles. The Hall–Kier alpha value is -0.570. The van der Waals surface area contributed by atoms with Gasteiger partial charge < -0.3 is 10.6 Å². The summed E-state index contributed by atoms with van der Waals surface area (Å²) in [6.45, 7) is 1.42. The van der Waals surface area contributed by atoms with Crippen LogP contribution in [-0.2, 0) is 10.0 Å². The van der Waals surface area contributed by atoms with E-state index in [-0.39, 0.29) is 19.8 Å². The molecule has 1 aromatic heterocycles. The number of rotatable bonds is 2. The van der Waals surface area contributed by atoms with Crippen LogP contribution in [0.15, 0.2) is 8.61 Å². The number of aromatic nitrogens is 1. The molecule has 2 heterocycles. The van der Waals surface area contributed by atoms with Gasteiger partial charge in [0.15, 0.2) is 13.8 Å². The first kappa shape index (κ1) is 13.9. The highest BCUT2D eigenvalue weighted by molar-refractivity contribution is 7.92. The Morgan fingerprint density at radius 3 is 2.50 bits per heavy atom. The molecular weight excluding hydrogens is 319 g/mol. The summed E-state index contributed by atoms with van der Waals surface area (Å²) in [7, 11) is -3.95. The van der Waals surface area contributed by atoms with Crippen molar-refractivity contribution < 1.29 is 8.42 Å². The van der Waals surface area contributed by atoms with Gasteiger partial charge in [0.25, 0.3) is 10.0 Å². The minimum atomic E-state index is -3.95. The fraction of sp³-hybridized carbons (Fsp3) is 0.500. The molecule has 2 N–H and O–H groups in total. The van der Waals surface area contributed by atoms with Crippen molar-refractivity contribution in [2.45, 2.75) is 17.1 Å². The average Bonchev–Trinajstić information content (AvgIpc) is 2.86. The third kappa shape index (κ3) is 2.87. The average molecular weight is 329 g/mol. The molecule has 0 aliphatic carbocycles. The molecule has 0 radical (unpaired) electrons. The van der Waals surface area contributed by atoms with Crippen LogP contribution in [0.25, 0.3) is 0 Å². The molecule has 10 heteroatoms. The Bertz CT molecular complexity index is 578. The summed E-state index contributed by atoms with van der Waals surface area (Å²) in [5.74, 6) is -0.0203. The summed E-state index contributed by atoms with van der Waals surface area (Å²) < 4.78 is 27.4. The maximum absolute atomic E-state index is 12.0. The van der Waals surface area contributed by atoms with Crippen LogP contribution in [0.3, 0.4) is 0 Å². The van der Waals surface area contributed by atoms with E-state index < -0.39 is 10.0 Å². The van der Waals surface area contributed by atoms with Crippen molar-refractivity contribution in [3.63, 3.8) is 0 Å². The summed E-state index contributed by atoms with van der Waals surface area (Å²) in [5, 5.41) is -0.178. The van der Waals surface area contributed by atoms with Gasteiger partial charge in [-0.25, -0.2) is 4.98 Å². The summed E-state index contributed by atoms with van der Waals surface area (Å²) in [4.78, 5) is 5.35. The molecular formula is C8H10Cl2N4O2S2. The number of hydrogen-bond acceptors (Lipinski definition) is 4. The molecule has 1 saturated heterocycles. The Kier molecular flexibility index (Phi) is 4.00. The third-order valence-corrected chi connectivity index (χ3v) is 5.83. The van der Waals surface area contributed by atoms with E-state index in [1.54, 1.807) is 4.90 Å². The second-order valence-electron chi connectivity index (χ2n) is 3.66. The number of sulfonamides is 1. The fourth-order valence-electron chi connectivity index (χ4n) is 1.59. The van der Waals surface area contributed by atoms with E-state index in [0.29, 0.717) is 13.1 Å². The Morgan fingerprint density at radius 2 is 2.00 bits per heavy atom. The third-order valence-electron chi connectivity index (χ3n) is 2.41. The van der Waals surface area contributed by atoms with Crippen LogP contribution in [-0.4, -0.2) is 37.4 Å². The first-order valence-electron chi connectivity index (χ1n) is 5.07. The smallest absolute Gasteiger partial charge is 0.298 e. The van der Waals surface area contributed by atoms with Crippen molar-refractivity contribution >= 4 is 50.5 Å². The van der Waals surface area contributed by atoms with Crippen LogP contribution in [0.1, 0.15) is 12.8 Å². The second-order valence-corrected chi connectivity index (χ2v) is 7.40. The number of hydrogen-bond donors (Lipinski definition) is 1. The van der Waals surface area contributed by atoms with E-state index in [1.165, 1.54) is 0 Å². The van der Waals surface area contributed by atoms with Crippen LogP contribution < -0.4 is 5.73 Å². The summed E-state index contributed by atoms with van der Waals surface area (Å²) in [6.07, 6.45) is 1.95. The van der Waals surface area contributed by atoms with Crippen molar-refractivity contribution in [1.29, 1.82) is 0 Å². The van der Waals surface area contributed by atoms with Crippen LogP contribution in [0, 0.1) is 0 Å². The Balaban J connectivity index is 2.31. The first-order valence-corrected chi connectivity index (χ1v) is 8.08. The summed E-state index contributed by atoms with van der Waals surface area (Å²) in [5.41, 5.74) is 5.66. The number of guanidine groups is 1. The zero-order valence-corrected chi connectivity index (χ0v) is 12.3. The molecule has 18 heavy (non-hydrogen) atoms. The minimum absolute atomic E-state index is 0.0203. The monoisotopic (exact) mass is 328 g/mol. The van der Waals surface area contributed by atoms with Gasteiger partial charge in [0.05, 0.1) is 0 Å². The quantitative estimate of drug-likeness (QED) is 0.657. The van der Waals surface area contributed by atoms with Gasteiger partial charge in [-0.05, 0) is 12.8 Å². The molecule has 100 valence electrons. The zero-order chi connectivity index (χ0) is 13.3. The molecule has 2 rings (SSSR count). The van der Waals surface area contributed by atoms with E-state index in [4.69, 9.17) is 28.9 Å². The topological polar surface area (TPSA) is 88.6 Å². The van der Waals surface area contributed by atoms with Crippen molar-refractivity contribution in [1.82, 2.24) is 9.88 Å². The lowest BCUT2D eigenvalue weighted by atomic mass is 10.4. The number of halogens is 2. The first-order chi connectivity index (χ1) is 8.40. The van der Waals surface area contributed by atoms with Gasteiger partial charge in [-0.3, -0.25) is 0 Å². The van der Waals surface area contributed by atoms with E-state index in [1.807, 2.05) is 0 Å². The highest BCUT2D eigenvalue weighted by Gasteiger charge is 2.24. The van der Waals surface area contributed by atoms with E-state index >= 15 is 0 Å². The molecule has 0 atom stereocenters. The molecule has 0 amide bonds.